The molecule has 21 heavy (non-hydrogen) atoms. The van der Waals surface area contributed by atoms with Gasteiger partial charge < -0.3 is 5.73 Å². The second kappa shape index (κ2) is 5.45. The lowest BCUT2D eigenvalue weighted by Gasteiger charge is -2.02. The van der Waals surface area contributed by atoms with Crippen LogP contribution in [0.25, 0.3) is 10.2 Å². The number of nitrogens with zero attached hydrogens (tertiary/aromatic N) is 3. The van der Waals surface area contributed by atoms with Crippen molar-refractivity contribution in [3.05, 3.63) is 41.9 Å². The Balaban J connectivity index is 1.88. The molecule has 3 N–H and O–H groups in total. The van der Waals surface area contributed by atoms with Gasteiger partial charge in [-0.05, 0) is 24.1 Å². The van der Waals surface area contributed by atoms with Crippen LogP contribution in [0.5, 0.6) is 0 Å². The van der Waals surface area contributed by atoms with Crippen molar-refractivity contribution in [2.45, 2.75) is 13.3 Å². The van der Waals surface area contributed by atoms with E-state index in [0.29, 0.717) is 5.13 Å². The van der Waals surface area contributed by atoms with E-state index in [4.69, 9.17) is 5.73 Å². The van der Waals surface area contributed by atoms with Crippen LogP contribution in [0.2, 0.25) is 0 Å². The predicted octanol–water partition coefficient (Wildman–Crippen LogP) is 2.48. The van der Waals surface area contributed by atoms with Gasteiger partial charge in [0.15, 0.2) is 16.6 Å². The highest BCUT2D eigenvalue weighted by Gasteiger charge is 2.14. The van der Waals surface area contributed by atoms with Gasteiger partial charge in [-0.1, -0.05) is 24.3 Å². The third-order valence-corrected chi connectivity index (χ3v) is 3.96. The Morgan fingerprint density at radius 1 is 1.33 bits per heavy atom. The van der Waals surface area contributed by atoms with Crippen molar-refractivity contribution in [2.75, 3.05) is 11.1 Å². The van der Waals surface area contributed by atoms with Gasteiger partial charge >= 0.3 is 0 Å². The molecule has 0 radical (unpaired) electrons. The normalized spacial score (nSPS) is 10.7. The molecule has 1 aromatic carbocycles. The summed E-state index contributed by atoms with van der Waals surface area (Å²) >= 11 is 1.42. The highest BCUT2D eigenvalue weighted by atomic mass is 32.1. The molecule has 0 bridgehead atoms. The van der Waals surface area contributed by atoms with Crippen LogP contribution in [-0.4, -0.2) is 20.9 Å². The van der Waals surface area contributed by atoms with Crippen molar-refractivity contribution >= 4 is 38.4 Å². The quantitative estimate of drug-likeness (QED) is 0.775. The van der Waals surface area contributed by atoms with Crippen LogP contribution in [0.15, 0.2) is 30.6 Å². The standard InChI is InChI=1S/C14H13N5OS/c1-2-8-3-4-9-10(7-8)21-14(18-9)19-13(20)11-12(15)17-6-5-16-11/h3-7H,2H2,1H3,(H2,15,17)(H,18,19,20). The third kappa shape index (κ3) is 2.68. The Labute approximate surface area is 125 Å². The lowest BCUT2D eigenvalue weighted by Crippen LogP contribution is -2.16. The highest BCUT2D eigenvalue weighted by molar-refractivity contribution is 7.22. The Morgan fingerprint density at radius 2 is 2.14 bits per heavy atom. The first-order valence-corrected chi connectivity index (χ1v) is 7.26. The fraction of sp³-hybridized carbons (Fsp3) is 0.143. The minimum absolute atomic E-state index is 0.101. The number of anilines is 2. The van der Waals surface area contributed by atoms with Crippen LogP contribution < -0.4 is 11.1 Å². The van der Waals surface area contributed by atoms with Crippen LogP contribution in [0.3, 0.4) is 0 Å². The Bertz CT molecular complexity index is 814. The Hall–Kier alpha value is -2.54. The second-order valence-electron chi connectivity index (χ2n) is 4.42. The molecule has 0 saturated heterocycles. The second-order valence-corrected chi connectivity index (χ2v) is 5.45. The topological polar surface area (TPSA) is 93.8 Å². The number of aromatic nitrogens is 3. The molecule has 0 spiro atoms. The van der Waals surface area contributed by atoms with E-state index in [1.807, 2.05) is 12.1 Å². The molecule has 0 fully saturated rings. The summed E-state index contributed by atoms with van der Waals surface area (Å²) in [6.45, 7) is 2.10. The number of benzene rings is 1. The lowest BCUT2D eigenvalue weighted by molar-refractivity contribution is 0.102. The Morgan fingerprint density at radius 3 is 2.90 bits per heavy atom. The Kier molecular flexibility index (Phi) is 3.49. The van der Waals surface area contributed by atoms with Gasteiger partial charge in [0.25, 0.3) is 5.91 Å². The van der Waals surface area contributed by atoms with E-state index in [-0.39, 0.29) is 11.5 Å². The molecule has 0 aliphatic heterocycles. The number of thiazole rings is 1. The number of rotatable bonds is 3. The summed E-state index contributed by atoms with van der Waals surface area (Å²) in [6, 6.07) is 6.07. The van der Waals surface area contributed by atoms with Crippen molar-refractivity contribution in [2.24, 2.45) is 0 Å². The van der Waals surface area contributed by atoms with Gasteiger partial charge in [-0.15, -0.1) is 0 Å². The van der Waals surface area contributed by atoms with Crippen molar-refractivity contribution in [3.8, 4) is 0 Å². The van der Waals surface area contributed by atoms with E-state index in [1.165, 1.54) is 29.3 Å². The molecule has 3 rings (SSSR count). The molecule has 2 heterocycles. The first-order chi connectivity index (χ1) is 10.2. The number of nitrogens with two attached hydrogens (primary N) is 1. The van der Waals surface area contributed by atoms with Gasteiger partial charge in [0.1, 0.15) is 0 Å². The predicted molar refractivity (Wildman–Crippen MR) is 83.4 cm³/mol. The summed E-state index contributed by atoms with van der Waals surface area (Å²) in [6.07, 6.45) is 3.83. The molecule has 106 valence electrons. The summed E-state index contributed by atoms with van der Waals surface area (Å²) in [7, 11) is 0. The van der Waals surface area contributed by atoms with Gasteiger partial charge in [-0.25, -0.2) is 15.0 Å². The number of fused-ring (bicyclic) bond motifs is 1. The summed E-state index contributed by atoms with van der Waals surface area (Å²) < 4.78 is 1.04. The molecule has 1 amide bonds. The molecule has 0 aliphatic rings. The molecule has 0 aliphatic carbocycles. The highest BCUT2D eigenvalue weighted by Crippen LogP contribution is 2.27. The zero-order valence-corrected chi connectivity index (χ0v) is 12.1. The molecule has 2 aromatic heterocycles. The lowest BCUT2D eigenvalue weighted by atomic mass is 10.2. The van der Waals surface area contributed by atoms with E-state index in [2.05, 4.69) is 33.3 Å². The minimum Gasteiger partial charge on any atom is -0.382 e. The fourth-order valence-electron chi connectivity index (χ4n) is 1.92. The van der Waals surface area contributed by atoms with E-state index in [9.17, 15) is 4.79 Å². The maximum Gasteiger partial charge on any atom is 0.279 e. The smallest absolute Gasteiger partial charge is 0.279 e. The number of aryl methyl sites for hydroxylation is 1. The summed E-state index contributed by atoms with van der Waals surface area (Å²) in [5, 5.41) is 3.23. The van der Waals surface area contributed by atoms with E-state index < -0.39 is 5.91 Å². The maximum atomic E-state index is 12.1. The molecule has 0 atom stereocenters. The van der Waals surface area contributed by atoms with Crippen LogP contribution in [0, 0.1) is 0 Å². The van der Waals surface area contributed by atoms with Gasteiger partial charge in [0.05, 0.1) is 10.2 Å². The number of nitrogens with one attached hydrogen (secondary N) is 1. The summed E-state index contributed by atoms with van der Waals surface area (Å²) in [4.78, 5) is 24.3. The first-order valence-electron chi connectivity index (χ1n) is 6.44. The van der Waals surface area contributed by atoms with Gasteiger partial charge in [0, 0.05) is 12.4 Å². The van der Waals surface area contributed by atoms with Gasteiger partial charge in [-0.2, -0.15) is 0 Å². The number of nitrogen functional groups attached to an aromatic ring is 1. The largest absolute Gasteiger partial charge is 0.382 e. The fourth-order valence-corrected chi connectivity index (χ4v) is 2.85. The summed E-state index contributed by atoms with van der Waals surface area (Å²) in [5.41, 5.74) is 7.84. The van der Waals surface area contributed by atoms with Crippen LogP contribution in [-0.2, 0) is 6.42 Å². The van der Waals surface area contributed by atoms with Crippen molar-refractivity contribution in [1.82, 2.24) is 15.0 Å². The molecule has 6 nitrogen and oxygen atoms in total. The number of hydrogen-bond donors (Lipinski definition) is 2. The van der Waals surface area contributed by atoms with Gasteiger partial charge in [-0.3, -0.25) is 10.1 Å². The molecule has 7 heteroatoms. The zero-order chi connectivity index (χ0) is 14.8. The van der Waals surface area contributed by atoms with Crippen molar-refractivity contribution in [1.29, 1.82) is 0 Å². The first kappa shape index (κ1) is 13.4. The average molecular weight is 299 g/mol. The number of amides is 1. The van der Waals surface area contributed by atoms with Crippen molar-refractivity contribution < 1.29 is 4.79 Å². The van der Waals surface area contributed by atoms with Crippen LogP contribution >= 0.6 is 11.3 Å². The molecule has 3 aromatic rings. The van der Waals surface area contributed by atoms with E-state index >= 15 is 0 Å². The van der Waals surface area contributed by atoms with E-state index in [1.54, 1.807) is 0 Å². The van der Waals surface area contributed by atoms with Crippen molar-refractivity contribution in [3.63, 3.8) is 0 Å². The zero-order valence-electron chi connectivity index (χ0n) is 11.3. The van der Waals surface area contributed by atoms with E-state index in [0.717, 1.165) is 16.6 Å². The SMILES string of the molecule is CCc1ccc2nc(NC(=O)c3nccnc3N)sc2c1. The summed E-state index contributed by atoms with van der Waals surface area (Å²) in [5.74, 6) is -0.306. The average Bonchev–Trinajstić information content (AvgIpc) is 2.88. The van der Waals surface area contributed by atoms with Crippen LogP contribution in [0.1, 0.15) is 23.0 Å². The molecule has 0 unspecified atom stereocenters. The third-order valence-electron chi connectivity index (χ3n) is 3.02. The monoisotopic (exact) mass is 299 g/mol. The molecular weight excluding hydrogens is 286 g/mol. The number of carbonyl (C=O) groups is 1. The minimum atomic E-state index is -0.407. The maximum absolute atomic E-state index is 12.1. The number of hydrogen-bond acceptors (Lipinski definition) is 6. The number of carbonyl (C=O) groups excluding carboxylic acids is 1. The molecule has 0 saturated carbocycles. The molecular formula is C14H13N5OS. The van der Waals surface area contributed by atoms with Crippen LogP contribution in [0.4, 0.5) is 10.9 Å². The van der Waals surface area contributed by atoms with Gasteiger partial charge in [0.2, 0.25) is 0 Å².